The van der Waals surface area contributed by atoms with Gasteiger partial charge in [-0.05, 0) is 122 Å². The zero-order valence-corrected chi connectivity index (χ0v) is 26.0. The summed E-state index contributed by atoms with van der Waals surface area (Å²) in [6, 6.07) is 0. The maximum absolute atomic E-state index is 6.94. The average Bonchev–Trinajstić information content (AvgIpc) is 3.10. The van der Waals surface area contributed by atoms with E-state index in [-0.39, 0.29) is 0 Å². The lowest BCUT2D eigenvalue weighted by Crippen LogP contribution is -2.52. The number of rotatable bonds is 6. The molecule has 4 rings (SSSR count). The zero-order chi connectivity index (χ0) is 25.8. The first-order valence-corrected chi connectivity index (χ1v) is 18.1. The van der Waals surface area contributed by atoms with Gasteiger partial charge >= 0.3 is 0 Å². The highest BCUT2D eigenvalue weighted by Crippen LogP contribution is 2.67. The van der Waals surface area contributed by atoms with Crippen molar-refractivity contribution in [3.63, 3.8) is 0 Å². The SMILES string of the molecule is CC(C)C/C=C/[C@@H](C)[C@H]1CC[C@H]2[C@@H]3CC=C4C[C@@H](O[Si](C)(C)C(C)(C)C)CC[C@]4(C)[C@H]3CC[C@]12C. The van der Waals surface area contributed by atoms with Gasteiger partial charge in [0.05, 0.1) is 0 Å². The molecule has 0 bridgehead atoms. The second-order valence-electron chi connectivity index (χ2n) is 15.6. The van der Waals surface area contributed by atoms with Gasteiger partial charge in [0.1, 0.15) is 0 Å². The van der Waals surface area contributed by atoms with E-state index in [2.05, 4.69) is 86.7 Å². The van der Waals surface area contributed by atoms with Gasteiger partial charge in [-0.15, -0.1) is 0 Å². The van der Waals surface area contributed by atoms with Crippen LogP contribution in [-0.2, 0) is 4.43 Å². The first-order valence-electron chi connectivity index (χ1n) is 15.2. The van der Waals surface area contributed by atoms with Crippen LogP contribution >= 0.6 is 0 Å². The van der Waals surface area contributed by atoms with Crippen molar-refractivity contribution in [2.75, 3.05) is 0 Å². The van der Waals surface area contributed by atoms with Crippen molar-refractivity contribution in [2.45, 2.75) is 137 Å². The Morgan fingerprint density at radius 3 is 2.40 bits per heavy atom. The van der Waals surface area contributed by atoms with Gasteiger partial charge in [-0.25, -0.2) is 0 Å². The predicted octanol–water partition coefficient (Wildman–Crippen LogP) is 10.2. The molecule has 0 heterocycles. The zero-order valence-electron chi connectivity index (χ0n) is 25.0. The van der Waals surface area contributed by atoms with E-state index in [0.717, 1.165) is 35.5 Å². The van der Waals surface area contributed by atoms with E-state index in [1.807, 2.05) is 0 Å². The number of hydrogen-bond donors (Lipinski definition) is 0. The van der Waals surface area contributed by atoms with Crippen molar-refractivity contribution in [3.05, 3.63) is 23.8 Å². The fourth-order valence-electron chi connectivity index (χ4n) is 8.93. The van der Waals surface area contributed by atoms with Crippen molar-refractivity contribution in [1.29, 1.82) is 0 Å². The van der Waals surface area contributed by atoms with E-state index >= 15 is 0 Å². The standard InChI is InChI=1S/C33H58OSi/c1-23(2)12-11-13-24(3)28-16-17-29-27-15-14-25-22-26(34-35(9,10)31(4,5)6)18-20-32(25,7)30(27)19-21-33(28,29)8/h11,13-14,23-24,26-30H,12,15-22H2,1-10H3/b13-11+/t24-,26+,27+,28-,29+,30+,32+,33-/m1/s1. The third kappa shape index (κ3) is 5.06. The van der Waals surface area contributed by atoms with Gasteiger partial charge < -0.3 is 4.43 Å². The normalized spacial score (nSPS) is 40.9. The predicted molar refractivity (Wildman–Crippen MR) is 155 cm³/mol. The lowest BCUT2D eigenvalue weighted by molar-refractivity contribution is -0.0532. The van der Waals surface area contributed by atoms with Gasteiger partial charge in [0.25, 0.3) is 0 Å². The summed E-state index contributed by atoms with van der Waals surface area (Å²) in [5.41, 5.74) is 2.75. The second-order valence-corrected chi connectivity index (χ2v) is 20.4. The molecule has 3 fully saturated rings. The van der Waals surface area contributed by atoms with Crippen LogP contribution in [-0.4, -0.2) is 14.4 Å². The Balaban J connectivity index is 1.48. The van der Waals surface area contributed by atoms with Crippen LogP contribution in [0.3, 0.4) is 0 Å². The van der Waals surface area contributed by atoms with Crippen molar-refractivity contribution >= 4 is 8.32 Å². The van der Waals surface area contributed by atoms with Crippen LogP contribution in [0.2, 0.25) is 18.1 Å². The molecule has 4 aliphatic rings. The van der Waals surface area contributed by atoms with Gasteiger partial charge in [0, 0.05) is 6.10 Å². The highest BCUT2D eigenvalue weighted by Gasteiger charge is 2.59. The van der Waals surface area contributed by atoms with E-state index in [9.17, 15) is 0 Å². The molecule has 0 aromatic rings. The van der Waals surface area contributed by atoms with Crippen molar-refractivity contribution < 1.29 is 4.43 Å². The molecule has 0 aromatic carbocycles. The molecular formula is C33H58OSi. The molecule has 3 saturated carbocycles. The van der Waals surface area contributed by atoms with Crippen LogP contribution < -0.4 is 0 Å². The molecule has 200 valence electrons. The van der Waals surface area contributed by atoms with Crippen LogP contribution in [0.1, 0.15) is 113 Å². The molecule has 0 amide bonds. The van der Waals surface area contributed by atoms with E-state index in [0.29, 0.717) is 22.0 Å². The van der Waals surface area contributed by atoms with Gasteiger partial charge in [0.15, 0.2) is 8.32 Å². The summed E-state index contributed by atoms with van der Waals surface area (Å²) in [5, 5.41) is 0.299. The molecule has 0 spiro atoms. The minimum absolute atomic E-state index is 0.299. The molecule has 0 unspecified atom stereocenters. The summed E-state index contributed by atoms with van der Waals surface area (Å²) in [7, 11) is -1.70. The quantitative estimate of drug-likeness (QED) is 0.261. The monoisotopic (exact) mass is 498 g/mol. The molecule has 1 nitrogen and oxygen atoms in total. The Kier molecular flexibility index (Phi) is 7.72. The minimum Gasteiger partial charge on any atom is -0.414 e. The molecule has 0 saturated heterocycles. The maximum Gasteiger partial charge on any atom is 0.192 e. The van der Waals surface area contributed by atoms with E-state index in [1.54, 1.807) is 5.57 Å². The molecular weight excluding hydrogens is 440 g/mol. The maximum atomic E-state index is 6.94. The largest absolute Gasteiger partial charge is 0.414 e. The summed E-state index contributed by atoms with van der Waals surface area (Å²) >= 11 is 0. The molecule has 4 aliphatic carbocycles. The number of allylic oxidation sites excluding steroid dienone is 3. The number of fused-ring (bicyclic) bond motifs is 5. The second kappa shape index (κ2) is 9.76. The Morgan fingerprint density at radius 2 is 1.74 bits per heavy atom. The Morgan fingerprint density at radius 1 is 1.03 bits per heavy atom. The van der Waals surface area contributed by atoms with E-state index < -0.39 is 8.32 Å². The Labute approximate surface area is 220 Å². The molecule has 0 aromatic heterocycles. The van der Waals surface area contributed by atoms with Crippen LogP contribution in [0.5, 0.6) is 0 Å². The Bertz CT molecular complexity index is 815. The van der Waals surface area contributed by atoms with Gasteiger partial charge in [-0.3, -0.25) is 0 Å². The number of hydrogen-bond acceptors (Lipinski definition) is 1. The summed E-state index contributed by atoms with van der Waals surface area (Å²) < 4.78 is 6.94. The highest BCUT2D eigenvalue weighted by atomic mass is 28.4. The van der Waals surface area contributed by atoms with Gasteiger partial charge in [-0.1, -0.05) is 79.2 Å². The first-order chi connectivity index (χ1) is 16.2. The van der Waals surface area contributed by atoms with Crippen LogP contribution in [0.15, 0.2) is 23.8 Å². The van der Waals surface area contributed by atoms with Crippen molar-refractivity contribution in [3.8, 4) is 0 Å². The molecule has 0 N–H and O–H groups in total. The van der Waals surface area contributed by atoms with Crippen molar-refractivity contribution in [1.82, 2.24) is 0 Å². The summed E-state index contributed by atoms with van der Waals surface area (Å²) in [6.07, 6.45) is 20.5. The minimum atomic E-state index is -1.70. The first kappa shape index (κ1) is 27.7. The fourth-order valence-corrected chi connectivity index (χ4v) is 10.3. The summed E-state index contributed by atoms with van der Waals surface area (Å²) in [5.74, 6) is 5.13. The third-order valence-corrected chi connectivity index (χ3v) is 16.6. The van der Waals surface area contributed by atoms with E-state index in [1.165, 1.54) is 57.8 Å². The van der Waals surface area contributed by atoms with E-state index in [4.69, 9.17) is 4.43 Å². The molecule has 0 radical (unpaired) electrons. The highest BCUT2D eigenvalue weighted by molar-refractivity contribution is 6.74. The molecule has 35 heavy (non-hydrogen) atoms. The van der Waals surface area contributed by atoms with Crippen molar-refractivity contribution in [2.24, 2.45) is 46.3 Å². The van der Waals surface area contributed by atoms with Crippen LogP contribution in [0.4, 0.5) is 0 Å². The summed E-state index contributed by atoms with van der Waals surface area (Å²) in [6.45, 7) is 24.6. The van der Waals surface area contributed by atoms with Gasteiger partial charge in [-0.2, -0.15) is 0 Å². The molecule has 8 atom stereocenters. The molecule has 0 aliphatic heterocycles. The fraction of sp³-hybridized carbons (Fsp3) is 0.879. The molecule has 2 heteroatoms. The van der Waals surface area contributed by atoms with Crippen LogP contribution in [0.25, 0.3) is 0 Å². The third-order valence-electron chi connectivity index (χ3n) is 12.1. The Hall–Kier alpha value is -0.343. The lowest BCUT2D eigenvalue weighted by atomic mass is 9.47. The van der Waals surface area contributed by atoms with Crippen LogP contribution in [0, 0.1) is 46.3 Å². The lowest BCUT2D eigenvalue weighted by Gasteiger charge is -2.59. The average molecular weight is 499 g/mol. The topological polar surface area (TPSA) is 9.23 Å². The van der Waals surface area contributed by atoms with Gasteiger partial charge in [0.2, 0.25) is 0 Å². The summed E-state index contributed by atoms with van der Waals surface area (Å²) in [4.78, 5) is 0. The smallest absolute Gasteiger partial charge is 0.192 e.